The van der Waals surface area contributed by atoms with Crippen molar-refractivity contribution < 1.29 is 63.9 Å². The van der Waals surface area contributed by atoms with Crippen LogP contribution in [0, 0.1) is 11.8 Å². The van der Waals surface area contributed by atoms with Crippen LogP contribution >= 0.6 is 0 Å². The molecule has 4 aliphatic rings. The van der Waals surface area contributed by atoms with Crippen molar-refractivity contribution >= 4 is 11.9 Å². The number of carboxylic acid groups (broad SMARTS) is 1. The molecule has 0 aromatic heterocycles. The molecule has 0 aromatic rings. The third kappa shape index (κ3) is 8.94. The predicted octanol–water partition coefficient (Wildman–Crippen LogP) is -0.875. The van der Waals surface area contributed by atoms with Gasteiger partial charge in [0.1, 0.15) is 42.7 Å². The molecule has 0 bridgehead atoms. The first-order chi connectivity index (χ1) is 22.0. The minimum absolute atomic E-state index is 0.0623. The number of aliphatic carboxylic acids is 1. The summed E-state index contributed by atoms with van der Waals surface area (Å²) in [5, 5.41) is 65.3. The Morgan fingerprint density at radius 2 is 1.61 bits per heavy atom. The minimum Gasteiger partial charge on any atom is -0.479 e. The van der Waals surface area contributed by atoms with Crippen LogP contribution in [0.25, 0.3) is 0 Å². The molecular weight excluding hydrogens is 608 g/mol. The lowest BCUT2D eigenvalue weighted by atomic mass is 9.82. The Kier molecular flexibility index (Phi) is 14.0. The van der Waals surface area contributed by atoms with Crippen LogP contribution in [0.15, 0.2) is 0 Å². The van der Waals surface area contributed by atoms with Crippen molar-refractivity contribution in [3.8, 4) is 0 Å². The van der Waals surface area contributed by atoms with Gasteiger partial charge in [-0.05, 0) is 38.0 Å². The van der Waals surface area contributed by atoms with Crippen LogP contribution in [-0.4, -0.2) is 135 Å². The highest BCUT2D eigenvalue weighted by atomic mass is 16.7. The Bertz CT molecular complexity index is 971. The fraction of sp³-hybridized carbons (Fsp3) is 0.935. The van der Waals surface area contributed by atoms with Crippen LogP contribution in [-0.2, 0) is 33.3 Å². The van der Waals surface area contributed by atoms with Gasteiger partial charge in [-0.1, -0.05) is 51.9 Å². The number of aliphatic hydroxyl groups is 5. The highest BCUT2D eigenvalue weighted by Gasteiger charge is 2.51. The fourth-order valence-corrected chi connectivity index (χ4v) is 7.32. The van der Waals surface area contributed by atoms with Crippen molar-refractivity contribution in [1.82, 2.24) is 5.32 Å². The summed E-state index contributed by atoms with van der Waals surface area (Å²) < 4.78 is 30.6. The normalized spacial score (nSPS) is 41.5. The molecule has 1 amide bonds. The molecule has 2 aliphatic heterocycles. The summed E-state index contributed by atoms with van der Waals surface area (Å²) in [6.07, 6.45) is -6.73. The number of aliphatic hydroxyl groups excluding tert-OH is 5. The average Bonchev–Trinajstić information content (AvgIpc) is 3.05. The zero-order valence-electron chi connectivity index (χ0n) is 26.8. The van der Waals surface area contributed by atoms with Crippen molar-refractivity contribution in [3.63, 3.8) is 0 Å². The molecule has 15 nitrogen and oxygen atoms in total. The van der Waals surface area contributed by atoms with Crippen molar-refractivity contribution in [2.24, 2.45) is 17.6 Å². The van der Waals surface area contributed by atoms with Gasteiger partial charge in [0.2, 0.25) is 5.91 Å². The number of hydrogen-bond acceptors (Lipinski definition) is 13. The van der Waals surface area contributed by atoms with Crippen LogP contribution < -0.4 is 11.1 Å². The molecule has 0 spiro atoms. The van der Waals surface area contributed by atoms with E-state index in [-0.39, 0.29) is 18.3 Å². The Labute approximate surface area is 269 Å². The quantitative estimate of drug-likeness (QED) is 0.120. The van der Waals surface area contributed by atoms with Crippen LogP contribution in [0.1, 0.15) is 78.1 Å². The lowest BCUT2D eigenvalue weighted by Gasteiger charge is -2.48. The van der Waals surface area contributed by atoms with Crippen LogP contribution in [0.5, 0.6) is 0 Å². The average molecular weight is 663 g/mol. The molecule has 14 atom stereocenters. The molecule has 2 aliphatic carbocycles. The molecule has 46 heavy (non-hydrogen) atoms. The number of nitrogens with two attached hydrogens (primary N) is 1. The molecule has 4 rings (SSSR count). The summed E-state index contributed by atoms with van der Waals surface area (Å²) in [6, 6.07) is -1.21. The number of hydrogen-bond donors (Lipinski definition) is 8. The summed E-state index contributed by atoms with van der Waals surface area (Å²) in [4.78, 5) is 25.0. The molecule has 2 saturated carbocycles. The zero-order valence-corrected chi connectivity index (χ0v) is 26.8. The van der Waals surface area contributed by atoms with Gasteiger partial charge in [0.25, 0.3) is 0 Å². The van der Waals surface area contributed by atoms with E-state index in [2.05, 4.69) is 5.32 Å². The van der Waals surface area contributed by atoms with Crippen LogP contribution in [0.4, 0.5) is 0 Å². The highest BCUT2D eigenvalue weighted by Crippen LogP contribution is 2.37. The second-order valence-corrected chi connectivity index (χ2v) is 13.2. The maximum atomic E-state index is 12.6. The molecule has 2 saturated heterocycles. The van der Waals surface area contributed by atoms with Crippen molar-refractivity contribution in [3.05, 3.63) is 0 Å². The number of ether oxygens (including phenoxy) is 5. The van der Waals surface area contributed by atoms with Crippen LogP contribution in [0.2, 0.25) is 0 Å². The van der Waals surface area contributed by atoms with E-state index < -0.39 is 105 Å². The van der Waals surface area contributed by atoms with Gasteiger partial charge in [-0.2, -0.15) is 0 Å². The monoisotopic (exact) mass is 662 g/mol. The lowest BCUT2D eigenvalue weighted by molar-refractivity contribution is -0.337. The van der Waals surface area contributed by atoms with Crippen molar-refractivity contribution in [2.45, 2.75) is 158 Å². The summed E-state index contributed by atoms with van der Waals surface area (Å²) in [5.41, 5.74) is 5.61. The summed E-state index contributed by atoms with van der Waals surface area (Å²) in [6.45, 7) is 2.49. The Hall–Kier alpha value is -1.50. The SMILES string of the molecule is CCC1CCC[C@@H](O[C@@H]2OC(CO)[C@H](O)C(O[C@@H](CC3CCCCC3)C(=O)O)C2NC(=O)CN)C1O[C@@H]1OC(C)[C@@H](O)C(O)C1O. The van der Waals surface area contributed by atoms with E-state index in [1.807, 2.05) is 6.92 Å². The molecular formula is C31H54N2O13. The van der Waals surface area contributed by atoms with Gasteiger partial charge < -0.3 is 65.4 Å². The Morgan fingerprint density at radius 3 is 2.24 bits per heavy atom. The second kappa shape index (κ2) is 17.2. The maximum absolute atomic E-state index is 12.6. The van der Waals surface area contributed by atoms with Crippen LogP contribution in [0.3, 0.4) is 0 Å². The first kappa shape index (κ1) is 37.3. The predicted molar refractivity (Wildman–Crippen MR) is 160 cm³/mol. The van der Waals surface area contributed by atoms with Gasteiger partial charge in [-0.25, -0.2) is 4.79 Å². The van der Waals surface area contributed by atoms with E-state index in [1.165, 1.54) is 0 Å². The smallest absolute Gasteiger partial charge is 0.332 e. The third-order valence-corrected chi connectivity index (χ3v) is 10.1. The van der Waals surface area contributed by atoms with Gasteiger partial charge in [-0.3, -0.25) is 4.79 Å². The zero-order chi connectivity index (χ0) is 33.5. The van der Waals surface area contributed by atoms with Gasteiger partial charge in [-0.15, -0.1) is 0 Å². The number of carbonyl (C=O) groups excluding carboxylic acids is 1. The minimum atomic E-state index is -1.53. The fourth-order valence-electron chi connectivity index (χ4n) is 7.32. The lowest BCUT2D eigenvalue weighted by Crippen LogP contribution is -2.67. The van der Waals surface area contributed by atoms with Gasteiger partial charge in [0.05, 0.1) is 31.5 Å². The molecule has 0 aromatic carbocycles. The Morgan fingerprint density at radius 1 is 0.891 bits per heavy atom. The van der Waals surface area contributed by atoms with E-state index in [0.717, 1.165) is 44.9 Å². The van der Waals surface area contributed by atoms with E-state index in [1.54, 1.807) is 6.92 Å². The molecule has 8 unspecified atom stereocenters. The van der Waals surface area contributed by atoms with Gasteiger partial charge in [0, 0.05) is 0 Å². The number of carbonyl (C=O) groups is 2. The number of carboxylic acids is 1. The van der Waals surface area contributed by atoms with E-state index in [4.69, 9.17) is 29.4 Å². The molecule has 2 heterocycles. The maximum Gasteiger partial charge on any atom is 0.332 e. The highest BCUT2D eigenvalue weighted by molar-refractivity contribution is 5.78. The summed E-state index contributed by atoms with van der Waals surface area (Å²) in [5.74, 6) is -1.75. The molecule has 266 valence electrons. The largest absolute Gasteiger partial charge is 0.479 e. The first-order valence-electron chi connectivity index (χ1n) is 16.8. The van der Waals surface area contributed by atoms with E-state index in [0.29, 0.717) is 12.8 Å². The van der Waals surface area contributed by atoms with Crippen molar-refractivity contribution in [2.75, 3.05) is 13.2 Å². The third-order valence-electron chi connectivity index (χ3n) is 10.1. The number of rotatable bonds is 13. The first-order valence-corrected chi connectivity index (χ1v) is 16.8. The van der Waals surface area contributed by atoms with Gasteiger partial charge >= 0.3 is 5.97 Å². The standard InChI is InChI=1S/C31H54N2O13/c1-3-17-10-7-11-18(27(17)46-31-26(39)25(38)23(36)15(2)42-31)44-30-22(33-21(35)13-32)28(24(37)20(14-34)45-30)43-19(29(40)41)12-16-8-5-4-6-9-16/h15-20,22-28,30-31,34,36-39H,3-14,32H2,1-2H3,(H,33,35)(H,40,41)/t15?,17?,18-,19+,20?,22?,23-,24+,25?,26?,27?,28?,30-,31+/m1/s1. The topological polar surface area (TPSA) is 240 Å². The number of amides is 1. The summed E-state index contributed by atoms with van der Waals surface area (Å²) in [7, 11) is 0. The van der Waals surface area contributed by atoms with E-state index >= 15 is 0 Å². The molecule has 15 heteroatoms. The molecule has 0 radical (unpaired) electrons. The molecule has 4 fully saturated rings. The second-order valence-electron chi connectivity index (χ2n) is 13.2. The van der Waals surface area contributed by atoms with E-state index in [9.17, 15) is 40.2 Å². The summed E-state index contributed by atoms with van der Waals surface area (Å²) >= 11 is 0. The molecule has 9 N–H and O–H groups in total. The Balaban J connectivity index is 1.59. The van der Waals surface area contributed by atoms with Gasteiger partial charge in [0.15, 0.2) is 18.7 Å². The number of nitrogens with one attached hydrogen (secondary N) is 1. The van der Waals surface area contributed by atoms with Crippen molar-refractivity contribution in [1.29, 1.82) is 0 Å².